The Morgan fingerprint density at radius 3 is 2.06 bits per heavy atom. The van der Waals surface area contributed by atoms with Gasteiger partial charge in [-0.15, -0.1) is 11.3 Å². The number of halogens is 1. The summed E-state index contributed by atoms with van der Waals surface area (Å²) in [6.07, 6.45) is 7.83. The van der Waals surface area contributed by atoms with Gasteiger partial charge in [0.15, 0.2) is 5.82 Å². The number of hydrogen-bond acceptors (Lipinski definition) is 9. The van der Waals surface area contributed by atoms with Crippen LogP contribution < -0.4 is 0 Å². The van der Waals surface area contributed by atoms with Crippen molar-refractivity contribution in [2.24, 2.45) is 16.9 Å². The van der Waals surface area contributed by atoms with Gasteiger partial charge in [-0.1, -0.05) is 53.7 Å². The van der Waals surface area contributed by atoms with E-state index in [1.165, 1.54) is 12.8 Å². The van der Waals surface area contributed by atoms with Crippen LogP contribution in [0.15, 0.2) is 59.8 Å². The molecule has 7 aromatic rings. The van der Waals surface area contributed by atoms with E-state index in [0.29, 0.717) is 47.8 Å². The number of rotatable bonds is 12. The first-order chi connectivity index (χ1) is 34.2. The van der Waals surface area contributed by atoms with Crippen molar-refractivity contribution >= 4 is 50.5 Å². The number of carbonyl (C=O) groups excluding carboxylic acids is 2. The highest BCUT2D eigenvalue weighted by atomic mass is 32.1. The van der Waals surface area contributed by atoms with Gasteiger partial charge in [-0.25, -0.2) is 9.37 Å². The quantitative estimate of drug-likeness (QED) is 0.120. The van der Waals surface area contributed by atoms with Crippen LogP contribution in [-0.4, -0.2) is 87.8 Å². The van der Waals surface area contributed by atoms with E-state index in [9.17, 15) is 9.59 Å². The van der Waals surface area contributed by atoms with Gasteiger partial charge in [-0.2, -0.15) is 10.2 Å². The highest BCUT2D eigenvalue weighted by Gasteiger charge is 2.41. The first-order valence-electron chi connectivity index (χ1n) is 25.9. The van der Waals surface area contributed by atoms with Gasteiger partial charge in [0.25, 0.3) is 11.8 Å². The Morgan fingerprint density at radius 1 is 0.761 bits per heavy atom. The first-order valence-corrected chi connectivity index (χ1v) is 26.7. The maximum atomic E-state index is 16.3. The number of aryl methyl sites for hydroxylation is 5. The molecule has 0 bridgehead atoms. The third kappa shape index (κ3) is 8.95. The molecular formula is C57H67FN10O2S. The summed E-state index contributed by atoms with van der Waals surface area (Å²) in [6.45, 7) is 25.8. The minimum atomic E-state index is -0.198. The summed E-state index contributed by atoms with van der Waals surface area (Å²) in [5.41, 5.74) is 14.0. The minimum absolute atomic E-state index is 0.0278. The Hall–Kier alpha value is -6.28. The minimum Gasteiger partial charge on any atom is -0.341 e. The van der Waals surface area contributed by atoms with Crippen molar-refractivity contribution in [1.29, 1.82) is 0 Å². The number of benzene rings is 2. The summed E-state index contributed by atoms with van der Waals surface area (Å²) in [6, 6.07) is 16.4. The first kappa shape index (κ1) is 48.4. The van der Waals surface area contributed by atoms with E-state index in [-0.39, 0.29) is 23.5 Å². The van der Waals surface area contributed by atoms with Gasteiger partial charge >= 0.3 is 0 Å². The zero-order chi connectivity index (χ0) is 50.0. The number of aromatic nitrogens is 6. The molecule has 3 aliphatic heterocycles. The van der Waals surface area contributed by atoms with Crippen molar-refractivity contribution in [3.63, 3.8) is 0 Å². The normalized spacial score (nSPS) is 17.3. The number of likely N-dealkylation sites (N-methyl/N-ethyl adjacent to an activating group) is 1. The topological polar surface area (TPSA) is 118 Å². The Bertz CT molecular complexity index is 3230. The van der Waals surface area contributed by atoms with E-state index in [4.69, 9.17) is 15.0 Å². The number of nitrogens with zero attached hydrogens (tertiary/aromatic N) is 10. The maximum absolute atomic E-state index is 16.3. The van der Waals surface area contributed by atoms with Crippen molar-refractivity contribution in [3.8, 4) is 22.3 Å². The monoisotopic (exact) mass is 975 g/mol. The Labute approximate surface area is 421 Å². The van der Waals surface area contributed by atoms with Crippen LogP contribution in [0.4, 0.5) is 4.39 Å². The molecule has 14 heteroatoms. The summed E-state index contributed by atoms with van der Waals surface area (Å²) in [5.74, 6) is 1.09. The van der Waals surface area contributed by atoms with Crippen LogP contribution in [0.2, 0.25) is 0 Å². The smallest absolute Gasteiger partial charge is 0.254 e. The molecule has 0 spiro atoms. The van der Waals surface area contributed by atoms with Crippen molar-refractivity contribution < 1.29 is 14.0 Å². The molecule has 2 unspecified atom stereocenters. The Morgan fingerprint density at radius 2 is 1.42 bits per heavy atom. The van der Waals surface area contributed by atoms with Crippen LogP contribution in [-0.2, 0) is 39.0 Å². The molecule has 1 saturated heterocycles. The zero-order valence-electron chi connectivity index (χ0n) is 43.0. The predicted molar refractivity (Wildman–Crippen MR) is 283 cm³/mol. The van der Waals surface area contributed by atoms with Crippen LogP contribution in [0.3, 0.4) is 0 Å². The average molecular weight is 975 g/mol. The molecule has 2 aromatic carbocycles. The van der Waals surface area contributed by atoms with E-state index in [1.807, 2.05) is 71.1 Å². The van der Waals surface area contributed by atoms with E-state index >= 15 is 4.39 Å². The largest absolute Gasteiger partial charge is 0.341 e. The number of hydrazone groups is 1. The molecule has 4 aliphatic rings. The van der Waals surface area contributed by atoms with Gasteiger partial charge in [0.1, 0.15) is 0 Å². The molecule has 11 rings (SSSR count). The van der Waals surface area contributed by atoms with E-state index in [2.05, 4.69) is 87.3 Å². The average Bonchev–Trinajstić information content (AvgIpc) is 3.90. The zero-order valence-corrected chi connectivity index (χ0v) is 43.8. The number of hydrogen-bond donors (Lipinski definition) is 0. The number of pyridine rings is 2. The highest BCUT2D eigenvalue weighted by Crippen LogP contribution is 2.43. The standard InChI is InChI=1S/C31H36FN5O.C26H31N5OS/c1-6-26-23(11-8-19(5)34-26)24-12-21(31(38)35-16-22-14-33-37(7-2)27(22)17-35)13-25-28(32)29(18(3)4)36(30(24)25)15-20-9-10-20;1-6-21-19(9-8-16(5)28-21)20-10-17(11-23-24(20)29-25(33-23)15(3)4)26(32)30-13-18-12-27-31(7-2)22(18)14-30/h8,11-14,18,20H,6-7,9-10,15-17H2,1-5H3;8-12,15,18,22H,6-7,13-14H2,1-5H3. The van der Waals surface area contributed by atoms with Gasteiger partial charge < -0.3 is 14.4 Å². The molecule has 2 fully saturated rings. The molecule has 8 heterocycles. The second kappa shape index (κ2) is 19.4. The molecular weight excluding hydrogens is 908 g/mol. The van der Waals surface area contributed by atoms with Crippen LogP contribution in [0.5, 0.6) is 0 Å². The van der Waals surface area contributed by atoms with Crippen molar-refractivity contribution in [1.82, 2.24) is 44.1 Å². The van der Waals surface area contributed by atoms with Crippen molar-refractivity contribution in [2.45, 2.75) is 139 Å². The molecule has 370 valence electrons. The van der Waals surface area contributed by atoms with Crippen LogP contribution >= 0.6 is 11.3 Å². The van der Waals surface area contributed by atoms with Crippen LogP contribution in [0.1, 0.15) is 146 Å². The molecule has 1 aliphatic carbocycles. The number of carbonyl (C=O) groups is 2. The molecule has 5 aromatic heterocycles. The number of fused-ring (bicyclic) bond motifs is 4. The lowest BCUT2D eigenvalue weighted by molar-refractivity contribution is 0.0746. The summed E-state index contributed by atoms with van der Waals surface area (Å²) >= 11 is 1.69. The highest BCUT2D eigenvalue weighted by molar-refractivity contribution is 7.18. The summed E-state index contributed by atoms with van der Waals surface area (Å²) in [5, 5.41) is 12.7. The fraction of sp³-hybridized carbons (Fsp3) is 0.456. The summed E-state index contributed by atoms with van der Waals surface area (Å²) in [7, 11) is 0. The Balaban J connectivity index is 0.000000166. The number of likely N-dealkylation sites (tertiary alicyclic amines) is 1. The molecule has 71 heavy (non-hydrogen) atoms. The molecule has 1 saturated carbocycles. The summed E-state index contributed by atoms with van der Waals surface area (Å²) in [4.78, 5) is 46.1. The molecule has 12 nitrogen and oxygen atoms in total. The van der Waals surface area contributed by atoms with Gasteiger partial charge in [0.05, 0.1) is 50.9 Å². The maximum Gasteiger partial charge on any atom is 0.254 e. The lowest BCUT2D eigenvalue weighted by atomic mass is 9.96. The van der Waals surface area contributed by atoms with E-state index < -0.39 is 0 Å². The molecule has 2 atom stereocenters. The van der Waals surface area contributed by atoms with Gasteiger partial charge in [-0.3, -0.25) is 29.2 Å². The molecule has 0 radical (unpaired) electrons. The van der Waals surface area contributed by atoms with Gasteiger partial charge in [-0.05, 0) is 102 Å². The molecule has 0 N–H and O–H groups in total. The lowest BCUT2D eigenvalue weighted by Crippen LogP contribution is -2.35. The van der Waals surface area contributed by atoms with Gasteiger partial charge in [0, 0.05) is 124 Å². The van der Waals surface area contributed by atoms with Crippen molar-refractivity contribution in [3.05, 3.63) is 116 Å². The van der Waals surface area contributed by atoms with Crippen LogP contribution in [0.25, 0.3) is 43.4 Å². The fourth-order valence-corrected chi connectivity index (χ4v) is 12.0. The summed E-state index contributed by atoms with van der Waals surface area (Å²) < 4.78 is 21.5. The number of amides is 2. The van der Waals surface area contributed by atoms with E-state index in [0.717, 1.165) is 134 Å². The third-order valence-electron chi connectivity index (χ3n) is 14.8. The second-order valence-electron chi connectivity index (χ2n) is 20.6. The third-order valence-corrected chi connectivity index (χ3v) is 16.2. The fourth-order valence-electron chi connectivity index (χ4n) is 11.0. The number of thiazole rings is 1. The van der Waals surface area contributed by atoms with Crippen LogP contribution in [0, 0.1) is 31.5 Å². The predicted octanol–water partition coefficient (Wildman–Crippen LogP) is 11.7. The lowest BCUT2D eigenvalue weighted by Gasteiger charge is -2.22. The Kier molecular flexibility index (Phi) is 13.2. The van der Waals surface area contributed by atoms with E-state index in [1.54, 1.807) is 17.4 Å². The van der Waals surface area contributed by atoms with Crippen molar-refractivity contribution in [2.75, 3.05) is 19.6 Å². The molecule has 2 amide bonds. The second-order valence-corrected chi connectivity index (χ2v) is 21.6. The van der Waals surface area contributed by atoms with Gasteiger partial charge in [0.2, 0.25) is 0 Å². The SMILES string of the molecule is CCc1nc(C)ccc1-c1cc(C(=O)N2CC3C=NN(CC)C3C2)cc2sc(C(C)C)nc12.CCc1nc(C)ccc1-c1cc(C(=O)N2Cc3cnn(CC)c3C2)cc2c(F)c(C(C)C)n(CC3CC3)c12.